The molecule has 1 aliphatic heterocycles. The topological polar surface area (TPSA) is 89.2 Å². The number of rotatable bonds is 8. The molecule has 0 bridgehead atoms. The van der Waals surface area contributed by atoms with Crippen molar-refractivity contribution in [3.05, 3.63) is 137 Å². The first-order valence-electron chi connectivity index (χ1n) is 12.7. The van der Waals surface area contributed by atoms with E-state index in [1.54, 1.807) is 72.8 Å². The lowest BCUT2D eigenvalue weighted by molar-refractivity contribution is -0.117. The van der Waals surface area contributed by atoms with Crippen molar-refractivity contribution in [2.24, 2.45) is 0 Å². The standard InChI is InChI=1S/C33H25NO6/c1-38-26-14-8-11-23-19-27(40-32(23)26)30(35)28-29(34(33(37)31(28)36)24-12-6-3-7-13-24)22-15-17-25(18-16-22)39-20-21-9-4-2-5-10-21/h2-19,29,36H,20H2,1H3. The molecule has 198 valence electrons. The number of anilines is 1. The summed E-state index contributed by atoms with van der Waals surface area (Å²) in [5.74, 6) is -0.763. The molecule has 0 aliphatic carbocycles. The predicted molar refractivity (Wildman–Crippen MR) is 151 cm³/mol. The van der Waals surface area contributed by atoms with E-state index in [-0.39, 0.29) is 11.3 Å². The molecule has 1 atom stereocenters. The van der Waals surface area contributed by atoms with E-state index in [2.05, 4.69) is 0 Å². The van der Waals surface area contributed by atoms with Gasteiger partial charge in [-0.25, -0.2) is 0 Å². The molecule has 4 aromatic carbocycles. The fraction of sp³-hybridized carbons (Fsp3) is 0.0909. The SMILES string of the molecule is COc1cccc2cc(C(=O)C3=C(O)C(=O)N(c4ccccc4)C3c3ccc(OCc4ccccc4)cc3)oc12. The summed E-state index contributed by atoms with van der Waals surface area (Å²) in [5, 5.41) is 11.7. The maximum Gasteiger partial charge on any atom is 0.294 e. The summed E-state index contributed by atoms with van der Waals surface area (Å²) in [4.78, 5) is 28.8. The summed E-state index contributed by atoms with van der Waals surface area (Å²) < 4.78 is 17.2. The highest BCUT2D eigenvalue weighted by molar-refractivity contribution is 6.20. The minimum atomic E-state index is -0.888. The van der Waals surface area contributed by atoms with Gasteiger partial charge in [-0.15, -0.1) is 0 Å². The zero-order chi connectivity index (χ0) is 27.6. The number of Topliss-reactive ketones (excluding diaryl/α,β-unsaturated/α-hetero) is 1. The third-order valence-corrected chi connectivity index (χ3v) is 6.88. The van der Waals surface area contributed by atoms with Crippen molar-refractivity contribution in [1.29, 1.82) is 0 Å². The molecule has 0 spiro atoms. The summed E-state index contributed by atoms with van der Waals surface area (Å²) in [6.07, 6.45) is 0. The molecule has 1 aromatic heterocycles. The summed E-state index contributed by atoms with van der Waals surface area (Å²) in [6.45, 7) is 0.401. The molecule has 0 radical (unpaired) electrons. The van der Waals surface area contributed by atoms with Gasteiger partial charge in [-0.2, -0.15) is 0 Å². The van der Waals surface area contributed by atoms with Gasteiger partial charge in [0.25, 0.3) is 5.91 Å². The van der Waals surface area contributed by atoms with Gasteiger partial charge in [0.15, 0.2) is 22.9 Å². The van der Waals surface area contributed by atoms with E-state index in [0.717, 1.165) is 5.56 Å². The zero-order valence-electron chi connectivity index (χ0n) is 21.6. The normalized spacial score (nSPS) is 15.1. The summed E-state index contributed by atoms with van der Waals surface area (Å²) in [7, 11) is 1.52. The first-order valence-corrected chi connectivity index (χ1v) is 12.7. The van der Waals surface area contributed by atoms with Gasteiger partial charge in [0.2, 0.25) is 5.78 Å². The first kappa shape index (κ1) is 25.0. The van der Waals surface area contributed by atoms with Crippen LogP contribution in [0.1, 0.15) is 27.7 Å². The van der Waals surface area contributed by atoms with Crippen molar-refractivity contribution in [2.75, 3.05) is 12.0 Å². The lowest BCUT2D eigenvalue weighted by atomic mass is 9.94. The second-order valence-electron chi connectivity index (χ2n) is 9.34. The van der Waals surface area contributed by atoms with E-state index < -0.39 is 23.5 Å². The number of carbonyl (C=O) groups is 2. The number of amides is 1. The molecule has 0 saturated heterocycles. The van der Waals surface area contributed by atoms with Gasteiger partial charge in [0, 0.05) is 11.1 Å². The highest BCUT2D eigenvalue weighted by Crippen LogP contribution is 2.43. The molecule has 7 nitrogen and oxygen atoms in total. The number of nitrogens with zero attached hydrogens (tertiary/aromatic N) is 1. The smallest absolute Gasteiger partial charge is 0.294 e. The Bertz CT molecular complexity index is 1720. The third-order valence-electron chi connectivity index (χ3n) is 6.88. The lowest BCUT2D eigenvalue weighted by Gasteiger charge is -2.27. The number of hydrogen-bond donors (Lipinski definition) is 1. The summed E-state index contributed by atoms with van der Waals surface area (Å²) >= 11 is 0. The van der Waals surface area contributed by atoms with Crippen LogP contribution >= 0.6 is 0 Å². The molecule has 1 N–H and O–H groups in total. The number of aliphatic hydroxyl groups excluding tert-OH is 1. The molecule has 2 heterocycles. The number of methoxy groups -OCH3 is 1. The van der Waals surface area contributed by atoms with Crippen molar-refractivity contribution >= 4 is 28.3 Å². The molecule has 1 amide bonds. The summed E-state index contributed by atoms with van der Waals surface area (Å²) in [5.41, 5.74) is 2.55. The second kappa shape index (κ2) is 10.5. The monoisotopic (exact) mass is 531 g/mol. The number of ketones is 1. The van der Waals surface area contributed by atoms with Crippen LogP contribution in [0.3, 0.4) is 0 Å². The fourth-order valence-electron chi connectivity index (χ4n) is 4.94. The average molecular weight is 532 g/mol. The largest absolute Gasteiger partial charge is 0.503 e. The molecular formula is C33H25NO6. The van der Waals surface area contributed by atoms with Crippen LogP contribution in [-0.2, 0) is 11.4 Å². The van der Waals surface area contributed by atoms with Crippen LogP contribution in [0.25, 0.3) is 11.0 Å². The Hall–Kier alpha value is -5.30. The highest BCUT2D eigenvalue weighted by atomic mass is 16.5. The van der Waals surface area contributed by atoms with Gasteiger partial charge < -0.3 is 19.0 Å². The molecule has 1 unspecified atom stereocenters. The molecule has 0 fully saturated rings. The van der Waals surface area contributed by atoms with E-state index >= 15 is 0 Å². The maximum absolute atomic E-state index is 13.9. The van der Waals surface area contributed by atoms with Crippen molar-refractivity contribution in [2.45, 2.75) is 12.6 Å². The Morgan fingerprint density at radius 3 is 2.30 bits per heavy atom. The number of fused-ring (bicyclic) bond motifs is 1. The minimum absolute atomic E-state index is 0.00317. The molecule has 0 saturated carbocycles. The van der Waals surface area contributed by atoms with Gasteiger partial charge in [-0.3, -0.25) is 14.5 Å². The fourth-order valence-corrected chi connectivity index (χ4v) is 4.94. The second-order valence-corrected chi connectivity index (χ2v) is 9.34. The minimum Gasteiger partial charge on any atom is -0.503 e. The number of furan rings is 1. The predicted octanol–water partition coefficient (Wildman–Crippen LogP) is 6.80. The van der Waals surface area contributed by atoms with Crippen LogP contribution in [0.2, 0.25) is 0 Å². The van der Waals surface area contributed by atoms with Crippen LogP contribution in [0.15, 0.2) is 125 Å². The number of para-hydroxylation sites is 2. The van der Waals surface area contributed by atoms with Crippen LogP contribution in [0.4, 0.5) is 5.69 Å². The Labute approximate surface area is 230 Å². The number of benzene rings is 4. The van der Waals surface area contributed by atoms with Crippen molar-refractivity contribution < 1.29 is 28.6 Å². The maximum atomic E-state index is 13.9. The molecule has 7 heteroatoms. The zero-order valence-corrected chi connectivity index (χ0v) is 21.6. The third kappa shape index (κ3) is 4.47. The van der Waals surface area contributed by atoms with E-state index in [1.165, 1.54) is 12.0 Å². The Morgan fingerprint density at radius 1 is 0.900 bits per heavy atom. The highest BCUT2D eigenvalue weighted by Gasteiger charge is 2.45. The number of hydrogen-bond acceptors (Lipinski definition) is 6. The Balaban J connectivity index is 1.38. The Kier molecular flexibility index (Phi) is 6.54. The van der Waals surface area contributed by atoms with E-state index in [1.807, 2.05) is 36.4 Å². The van der Waals surface area contributed by atoms with E-state index in [0.29, 0.717) is 40.3 Å². The van der Waals surface area contributed by atoms with Crippen LogP contribution in [-0.4, -0.2) is 23.9 Å². The molecule has 40 heavy (non-hydrogen) atoms. The van der Waals surface area contributed by atoms with Crippen LogP contribution in [0.5, 0.6) is 11.5 Å². The Morgan fingerprint density at radius 2 is 1.60 bits per heavy atom. The molecular weight excluding hydrogens is 506 g/mol. The van der Waals surface area contributed by atoms with Gasteiger partial charge in [0.05, 0.1) is 18.7 Å². The number of carbonyl (C=O) groups excluding carboxylic acids is 2. The van der Waals surface area contributed by atoms with Gasteiger partial charge in [0.1, 0.15) is 12.4 Å². The van der Waals surface area contributed by atoms with Crippen molar-refractivity contribution in [1.82, 2.24) is 0 Å². The van der Waals surface area contributed by atoms with Gasteiger partial charge in [-0.05, 0) is 47.5 Å². The molecule has 6 rings (SSSR count). The van der Waals surface area contributed by atoms with Crippen molar-refractivity contribution in [3.63, 3.8) is 0 Å². The molecule has 5 aromatic rings. The van der Waals surface area contributed by atoms with Crippen LogP contribution < -0.4 is 14.4 Å². The number of ether oxygens (including phenoxy) is 2. The van der Waals surface area contributed by atoms with E-state index in [4.69, 9.17) is 13.9 Å². The van der Waals surface area contributed by atoms with Gasteiger partial charge >= 0.3 is 0 Å². The molecule has 1 aliphatic rings. The average Bonchev–Trinajstić information content (AvgIpc) is 3.56. The van der Waals surface area contributed by atoms with E-state index in [9.17, 15) is 14.7 Å². The number of aliphatic hydroxyl groups is 1. The van der Waals surface area contributed by atoms with Crippen molar-refractivity contribution in [3.8, 4) is 11.5 Å². The van der Waals surface area contributed by atoms with Crippen LogP contribution in [0, 0.1) is 0 Å². The van der Waals surface area contributed by atoms with Gasteiger partial charge in [-0.1, -0.05) is 72.8 Å². The quantitative estimate of drug-likeness (QED) is 0.222. The lowest BCUT2D eigenvalue weighted by Crippen LogP contribution is -2.31. The summed E-state index contributed by atoms with van der Waals surface area (Å²) in [6, 6.07) is 31.9. The first-order chi connectivity index (χ1) is 19.5.